The fraction of sp³-hybridized carbons (Fsp3) is 0.125. The van der Waals surface area contributed by atoms with E-state index in [0.29, 0.717) is 17.1 Å². The Morgan fingerprint density at radius 3 is 2.54 bits per heavy atom. The van der Waals surface area contributed by atoms with Gasteiger partial charge in [-0.2, -0.15) is 0 Å². The largest absolute Gasteiger partial charge is 0.496 e. The fourth-order valence-corrected chi connectivity index (χ4v) is 2.77. The lowest BCUT2D eigenvalue weighted by atomic mass is 10.1. The number of ether oxygens (including phenoxy) is 2. The summed E-state index contributed by atoms with van der Waals surface area (Å²) in [6.07, 6.45) is 3.33. The Kier molecular flexibility index (Phi) is 6.22. The minimum absolute atomic E-state index is 0.0522. The smallest absolute Gasteiger partial charge is 0.185 e. The van der Waals surface area contributed by atoms with Crippen LogP contribution in [0.25, 0.3) is 6.08 Å². The van der Waals surface area contributed by atoms with Crippen LogP contribution in [0.1, 0.15) is 27.0 Å². The molecule has 0 heterocycles. The standard InChI is InChI=1S/C24H21FO3/c1-17-4-3-5-19(14-17)23(26)12-6-18-7-13-24(27-2)20(15-18)16-28-22-10-8-21(25)9-11-22/h3-15H,16H2,1-2H3/b12-6+. The molecule has 0 saturated heterocycles. The van der Waals surface area contributed by atoms with Crippen molar-refractivity contribution in [1.82, 2.24) is 0 Å². The third-order valence-corrected chi connectivity index (χ3v) is 4.24. The molecule has 0 aromatic heterocycles. The first-order valence-electron chi connectivity index (χ1n) is 8.89. The number of ketones is 1. The van der Waals surface area contributed by atoms with Crippen LogP contribution in [0, 0.1) is 12.7 Å². The number of allylic oxidation sites excluding steroid dienone is 1. The van der Waals surface area contributed by atoms with Crippen LogP contribution in [0.2, 0.25) is 0 Å². The van der Waals surface area contributed by atoms with Crippen molar-refractivity contribution in [2.45, 2.75) is 13.5 Å². The van der Waals surface area contributed by atoms with Gasteiger partial charge in [0.05, 0.1) is 7.11 Å². The van der Waals surface area contributed by atoms with Gasteiger partial charge in [-0.3, -0.25) is 4.79 Å². The van der Waals surface area contributed by atoms with Gasteiger partial charge >= 0.3 is 0 Å². The molecule has 0 fully saturated rings. The summed E-state index contributed by atoms with van der Waals surface area (Å²) in [6.45, 7) is 2.22. The van der Waals surface area contributed by atoms with Gasteiger partial charge in [0, 0.05) is 11.1 Å². The third kappa shape index (κ3) is 5.07. The van der Waals surface area contributed by atoms with E-state index in [1.165, 1.54) is 12.1 Å². The van der Waals surface area contributed by atoms with Crippen LogP contribution >= 0.6 is 0 Å². The molecule has 0 aliphatic heterocycles. The van der Waals surface area contributed by atoms with Crippen molar-refractivity contribution in [1.29, 1.82) is 0 Å². The van der Waals surface area contributed by atoms with E-state index in [1.807, 2.05) is 43.3 Å². The maximum absolute atomic E-state index is 13.0. The molecular weight excluding hydrogens is 355 g/mol. The van der Waals surface area contributed by atoms with Gasteiger partial charge in [-0.1, -0.05) is 35.9 Å². The lowest BCUT2D eigenvalue weighted by molar-refractivity contribution is 0.104. The summed E-state index contributed by atoms with van der Waals surface area (Å²) >= 11 is 0. The minimum Gasteiger partial charge on any atom is -0.496 e. The Morgan fingerprint density at radius 2 is 1.82 bits per heavy atom. The highest BCUT2D eigenvalue weighted by Crippen LogP contribution is 2.23. The highest BCUT2D eigenvalue weighted by atomic mass is 19.1. The zero-order valence-electron chi connectivity index (χ0n) is 15.8. The summed E-state index contributed by atoms with van der Waals surface area (Å²) in [7, 11) is 1.59. The zero-order chi connectivity index (χ0) is 19.9. The molecule has 0 aliphatic carbocycles. The summed E-state index contributed by atoms with van der Waals surface area (Å²) < 4.78 is 24.1. The summed E-state index contributed by atoms with van der Waals surface area (Å²) in [5.74, 6) is 0.891. The van der Waals surface area contributed by atoms with E-state index < -0.39 is 0 Å². The molecule has 0 unspecified atom stereocenters. The average molecular weight is 376 g/mol. The van der Waals surface area contributed by atoms with E-state index in [4.69, 9.17) is 9.47 Å². The molecule has 0 amide bonds. The van der Waals surface area contributed by atoms with Crippen LogP contribution in [-0.2, 0) is 6.61 Å². The number of carbonyl (C=O) groups is 1. The first-order chi connectivity index (χ1) is 13.5. The second kappa shape index (κ2) is 9.00. The molecular formula is C24H21FO3. The highest BCUT2D eigenvalue weighted by molar-refractivity contribution is 6.06. The molecule has 142 valence electrons. The second-order valence-corrected chi connectivity index (χ2v) is 6.38. The molecule has 3 nitrogen and oxygen atoms in total. The molecule has 28 heavy (non-hydrogen) atoms. The Balaban J connectivity index is 1.74. The first-order valence-corrected chi connectivity index (χ1v) is 8.89. The van der Waals surface area contributed by atoms with E-state index in [9.17, 15) is 9.18 Å². The van der Waals surface area contributed by atoms with Gasteiger partial charge < -0.3 is 9.47 Å². The summed E-state index contributed by atoms with van der Waals surface area (Å²) in [6, 6.07) is 19.0. The third-order valence-electron chi connectivity index (χ3n) is 4.24. The van der Waals surface area contributed by atoms with E-state index in [-0.39, 0.29) is 18.2 Å². The number of hydrogen-bond donors (Lipinski definition) is 0. The molecule has 0 radical (unpaired) electrons. The van der Waals surface area contributed by atoms with E-state index >= 15 is 0 Å². The Labute approximate surface area is 164 Å². The lowest BCUT2D eigenvalue weighted by Gasteiger charge is -2.11. The molecule has 3 aromatic rings. The van der Waals surface area contributed by atoms with Crippen molar-refractivity contribution in [2.24, 2.45) is 0 Å². The maximum Gasteiger partial charge on any atom is 0.185 e. The van der Waals surface area contributed by atoms with Crippen molar-refractivity contribution in [3.8, 4) is 11.5 Å². The van der Waals surface area contributed by atoms with Crippen molar-refractivity contribution >= 4 is 11.9 Å². The molecule has 0 saturated carbocycles. The normalized spacial score (nSPS) is 10.8. The summed E-state index contributed by atoms with van der Waals surface area (Å²) in [4.78, 5) is 12.3. The number of hydrogen-bond acceptors (Lipinski definition) is 3. The highest BCUT2D eigenvalue weighted by Gasteiger charge is 2.06. The number of benzene rings is 3. The van der Waals surface area contributed by atoms with Crippen LogP contribution in [0.4, 0.5) is 4.39 Å². The maximum atomic E-state index is 13.0. The van der Waals surface area contributed by atoms with E-state index in [1.54, 1.807) is 37.5 Å². The zero-order valence-corrected chi connectivity index (χ0v) is 15.8. The molecule has 0 N–H and O–H groups in total. The van der Waals surface area contributed by atoms with Gasteiger partial charge in [-0.05, 0) is 61.0 Å². The van der Waals surface area contributed by atoms with Gasteiger partial charge in [0.2, 0.25) is 0 Å². The quantitative estimate of drug-likeness (QED) is 0.397. The molecule has 0 atom stereocenters. The van der Waals surface area contributed by atoms with Crippen LogP contribution in [0.15, 0.2) is 72.8 Å². The molecule has 3 rings (SSSR count). The van der Waals surface area contributed by atoms with Gasteiger partial charge in [-0.15, -0.1) is 0 Å². The summed E-state index contributed by atoms with van der Waals surface area (Å²) in [5.41, 5.74) is 3.39. The van der Waals surface area contributed by atoms with Crippen molar-refractivity contribution in [3.63, 3.8) is 0 Å². The van der Waals surface area contributed by atoms with Crippen molar-refractivity contribution in [2.75, 3.05) is 7.11 Å². The van der Waals surface area contributed by atoms with Crippen molar-refractivity contribution in [3.05, 3.63) is 101 Å². The van der Waals surface area contributed by atoms with Crippen molar-refractivity contribution < 1.29 is 18.7 Å². The number of rotatable bonds is 7. The van der Waals surface area contributed by atoms with Crippen LogP contribution in [-0.4, -0.2) is 12.9 Å². The van der Waals surface area contributed by atoms with E-state index in [2.05, 4.69) is 0 Å². The average Bonchev–Trinajstić information content (AvgIpc) is 2.71. The SMILES string of the molecule is COc1ccc(/C=C/C(=O)c2cccc(C)c2)cc1COc1ccc(F)cc1. The minimum atomic E-state index is -0.310. The molecule has 3 aromatic carbocycles. The van der Waals surface area contributed by atoms with Crippen LogP contribution < -0.4 is 9.47 Å². The van der Waals surface area contributed by atoms with Crippen LogP contribution in [0.5, 0.6) is 11.5 Å². The number of methoxy groups -OCH3 is 1. The first kappa shape index (κ1) is 19.4. The second-order valence-electron chi connectivity index (χ2n) is 6.38. The van der Waals surface area contributed by atoms with Crippen LogP contribution in [0.3, 0.4) is 0 Å². The number of aryl methyl sites for hydroxylation is 1. The molecule has 0 aliphatic rings. The number of halogens is 1. The summed E-state index contributed by atoms with van der Waals surface area (Å²) in [5, 5.41) is 0. The predicted octanol–water partition coefficient (Wildman–Crippen LogP) is 5.62. The molecule has 0 bridgehead atoms. The molecule has 0 spiro atoms. The van der Waals surface area contributed by atoms with Gasteiger partial charge in [0.25, 0.3) is 0 Å². The molecule has 4 heteroatoms. The predicted molar refractivity (Wildman–Crippen MR) is 108 cm³/mol. The Bertz CT molecular complexity index is 991. The lowest BCUT2D eigenvalue weighted by Crippen LogP contribution is -1.99. The van der Waals surface area contributed by atoms with Gasteiger partial charge in [0.1, 0.15) is 23.9 Å². The Hall–Kier alpha value is -3.40. The Morgan fingerprint density at radius 1 is 1.04 bits per heavy atom. The van der Waals surface area contributed by atoms with E-state index in [0.717, 1.165) is 16.7 Å². The number of carbonyl (C=O) groups excluding carboxylic acids is 1. The monoisotopic (exact) mass is 376 g/mol. The fourth-order valence-electron chi connectivity index (χ4n) is 2.77. The topological polar surface area (TPSA) is 35.5 Å². The van der Waals surface area contributed by atoms with Gasteiger partial charge in [0.15, 0.2) is 5.78 Å². The van der Waals surface area contributed by atoms with Gasteiger partial charge in [-0.25, -0.2) is 4.39 Å².